The average Bonchev–Trinajstić information content (AvgIpc) is 2.61. The van der Waals surface area contributed by atoms with Crippen LogP contribution in [0.5, 0.6) is 0 Å². The van der Waals surface area contributed by atoms with Crippen molar-refractivity contribution in [3.63, 3.8) is 0 Å². The molecule has 0 saturated carbocycles. The van der Waals surface area contributed by atoms with Crippen molar-refractivity contribution in [2.45, 2.75) is 13.0 Å². The van der Waals surface area contributed by atoms with Gasteiger partial charge in [0.15, 0.2) is 5.96 Å². The van der Waals surface area contributed by atoms with Crippen molar-refractivity contribution >= 4 is 17.6 Å². The normalized spacial score (nSPS) is 14.6. The molecule has 1 amide bonds. The van der Waals surface area contributed by atoms with E-state index in [1.165, 1.54) is 0 Å². The Morgan fingerprint density at radius 3 is 2.54 bits per heavy atom. The van der Waals surface area contributed by atoms with Crippen LogP contribution in [0.1, 0.15) is 12.0 Å². The molecule has 1 aromatic carbocycles. The summed E-state index contributed by atoms with van der Waals surface area (Å²) in [7, 11) is 7.90. The summed E-state index contributed by atoms with van der Waals surface area (Å²) in [5.74, 6) is 0.948. The van der Waals surface area contributed by atoms with E-state index in [0.717, 1.165) is 50.1 Å². The van der Waals surface area contributed by atoms with E-state index in [0.29, 0.717) is 13.0 Å². The average molecular weight is 361 g/mol. The van der Waals surface area contributed by atoms with Crippen LogP contribution in [0.4, 0.5) is 5.69 Å². The van der Waals surface area contributed by atoms with Crippen LogP contribution in [0.15, 0.2) is 29.3 Å². The number of amides is 1. The molecular formula is C19H31N5O2. The van der Waals surface area contributed by atoms with Crippen molar-refractivity contribution in [2.24, 2.45) is 4.99 Å². The third kappa shape index (κ3) is 6.65. The van der Waals surface area contributed by atoms with Crippen LogP contribution in [0.3, 0.4) is 0 Å². The zero-order chi connectivity index (χ0) is 18.9. The molecule has 0 spiro atoms. The zero-order valence-electron chi connectivity index (χ0n) is 16.4. The summed E-state index contributed by atoms with van der Waals surface area (Å²) in [5.41, 5.74) is 1.89. The lowest BCUT2D eigenvalue weighted by atomic mass is 10.2. The highest BCUT2D eigenvalue weighted by atomic mass is 16.5. The fourth-order valence-electron chi connectivity index (χ4n) is 2.90. The second kappa shape index (κ2) is 10.1. The lowest BCUT2D eigenvalue weighted by molar-refractivity contribution is -0.116. The molecule has 1 aliphatic rings. The fraction of sp³-hybridized carbons (Fsp3) is 0.579. The van der Waals surface area contributed by atoms with Crippen molar-refractivity contribution in [2.75, 3.05) is 66.4 Å². The third-order valence-corrected chi connectivity index (χ3v) is 4.17. The van der Waals surface area contributed by atoms with Gasteiger partial charge in [-0.3, -0.25) is 9.69 Å². The molecule has 0 bridgehead atoms. The minimum Gasteiger partial charge on any atom is -0.379 e. The fourth-order valence-corrected chi connectivity index (χ4v) is 2.90. The van der Waals surface area contributed by atoms with Crippen LogP contribution in [-0.4, -0.2) is 87.6 Å². The first-order valence-electron chi connectivity index (χ1n) is 9.03. The van der Waals surface area contributed by atoms with E-state index >= 15 is 0 Å². The first kappa shape index (κ1) is 20.2. The quantitative estimate of drug-likeness (QED) is 0.612. The van der Waals surface area contributed by atoms with E-state index in [2.05, 4.69) is 15.2 Å². The van der Waals surface area contributed by atoms with Crippen molar-refractivity contribution < 1.29 is 9.53 Å². The molecule has 1 aromatic rings. The molecule has 1 N–H and O–H groups in total. The number of carbonyl (C=O) groups is 1. The second-order valence-corrected chi connectivity index (χ2v) is 6.86. The maximum absolute atomic E-state index is 12.2. The number of benzene rings is 1. The molecule has 1 saturated heterocycles. The molecule has 0 aromatic heterocycles. The van der Waals surface area contributed by atoms with Crippen molar-refractivity contribution in [3.8, 4) is 0 Å². The van der Waals surface area contributed by atoms with Gasteiger partial charge in [-0.05, 0) is 17.7 Å². The highest BCUT2D eigenvalue weighted by molar-refractivity contribution is 5.90. The van der Waals surface area contributed by atoms with Crippen LogP contribution in [0.2, 0.25) is 0 Å². The number of nitrogens with one attached hydrogen (secondary N) is 1. The maximum Gasteiger partial charge on any atom is 0.225 e. The topological polar surface area (TPSA) is 60.4 Å². The van der Waals surface area contributed by atoms with Gasteiger partial charge in [-0.25, -0.2) is 4.99 Å². The predicted molar refractivity (Wildman–Crippen MR) is 105 cm³/mol. The highest BCUT2D eigenvalue weighted by Gasteiger charge is 2.12. The van der Waals surface area contributed by atoms with E-state index in [4.69, 9.17) is 4.74 Å². The number of rotatable bonds is 6. The monoisotopic (exact) mass is 361 g/mol. The molecule has 0 radical (unpaired) electrons. The van der Waals surface area contributed by atoms with Crippen LogP contribution < -0.4 is 5.32 Å². The molecule has 26 heavy (non-hydrogen) atoms. The summed E-state index contributed by atoms with van der Waals surface area (Å²) in [6.45, 7) is 4.66. The summed E-state index contributed by atoms with van der Waals surface area (Å²) in [5, 5.41) is 2.99. The highest BCUT2D eigenvalue weighted by Crippen LogP contribution is 2.12. The molecule has 7 heteroatoms. The van der Waals surface area contributed by atoms with Gasteiger partial charge in [0.2, 0.25) is 5.91 Å². The number of carbonyl (C=O) groups excluding carboxylic acids is 1. The Hall–Kier alpha value is -2.12. The van der Waals surface area contributed by atoms with E-state index in [1.807, 2.05) is 62.3 Å². The van der Waals surface area contributed by atoms with Crippen LogP contribution in [0, 0.1) is 0 Å². The van der Waals surface area contributed by atoms with E-state index in [-0.39, 0.29) is 5.91 Å². The number of ether oxygens (including phenoxy) is 1. The summed E-state index contributed by atoms with van der Waals surface area (Å²) in [6.07, 6.45) is 0.494. The second-order valence-electron chi connectivity index (χ2n) is 6.86. The standard InChI is InChI=1S/C19H31N5O2/c1-22(2)19(23(3)4)20-15-16-6-5-7-17(14-16)21-18(25)8-9-24-10-12-26-13-11-24/h5-7,14H,8-13,15H2,1-4H3,(H,21,25). The largest absolute Gasteiger partial charge is 0.379 e. The SMILES string of the molecule is CN(C)C(=NCc1cccc(NC(=O)CCN2CCOCC2)c1)N(C)C. The maximum atomic E-state index is 12.2. The Balaban J connectivity index is 1.87. The van der Waals surface area contributed by atoms with E-state index in [1.54, 1.807) is 0 Å². The Bertz CT molecular complexity index is 600. The molecule has 1 fully saturated rings. The number of morpholine rings is 1. The van der Waals surface area contributed by atoms with Gasteiger partial charge in [-0.1, -0.05) is 12.1 Å². The molecule has 2 rings (SSSR count). The number of hydrogen-bond acceptors (Lipinski definition) is 4. The van der Waals surface area contributed by atoms with Crippen molar-refractivity contribution in [3.05, 3.63) is 29.8 Å². The number of nitrogens with zero attached hydrogens (tertiary/aromatic N) is 4. The predicted octanol–water partition coefficient (Wildman–Crippen LogP) is 1.33. The molecule has 7 nitrogen and oxygen atoms in total. The number of anilines is 1. The Morgan fingerprint density at radius 1 is 1.19 bits per heavy atom. The first-order valence-corrected chi connectivity index (χ1v) is 9.03. The van der Waals surface area contributed by atoms with Gasteiger partial charge in [-0.2, -0.15) is 0 Å². The molecular weight excluding hydrogens is 330 g/mol. The smallest absolute Gasteiger partial charge is 0.225 e. The van der Waals surface area contributed by atoms with Crippen molar-refractivity contribution in [1.29, 1.82) is 0 Å². The summed E-state index contributed by atoms with van der Waals surface area (Å²) >= 11 is 0. The Labute approximate surface area is 156 Å². The van der Waals surface area contributed by atoms with Gasteiger partial charge in [0, 0.05) is 59.9 Å². The lowest BCUT2D eigenvalue weighted by Gasteiger charge is -2.26. The molecule has 0 aliphatic carbocycles. The minimum absolute atomic E-state index is 0.0411. The van der Waals surface area contributed by atoms with Gasteiger partial charge in [0.25, 0.3) is 0 Å². The van der Waals surface area contributed by atoms with Gasteiger partial charge in [0.1, 0.15) is 0 Å². The zero-order valence-corrected chi connectivity index (χ0v) is 16.4. The molecule has 0 atom stereocenters. The van der Waals surface area contributed by atoms with Crippen LogP contribution in [0.25, 0.3) is 0 Å². The van der Waals surface area contributed by atoms with Gasteiger partial charge >= 0.3 is 0 Å². The van der Waals surface area contributed by atoms with Gasteiger partial charge in [0.05, 0.1) is 19.8 Å². The Kier molecular flexibility index (Phi) is 7.87. The minimum atomic E-state index is 0.0411. The number of aliphatic imine (C=N–C) groups is 1. The summed E-state index contributed by atoms with van der Waals surface area (Å²) in [6, 6.07) is 7.88. The van der Waals surface area contributed by atoms with Gasteiger partial charge < -0.3 is 19.9 Å². The third-order valence-electron chi connectivity index (χ3n) is 4.17. The first-order chi connectivity index (χ1) is 12.5. The summed E-state index contributed by atoms with van der Waals surface area (Å²) in [4.78, 5) is 23.1. The summed E-state index contributed by atoms with van der Waals surface area (Å²) < 4.78 is 5.33. The Morgan fingerprint density at radius 2 is 1.88 bits per heavy atom. The molecule has 144 valence electrons. The van der Waals surface area contributed by atoms with Crippen molar-refractivity contribution in [1.82, 2.24) is 14.7 Å². The molecule has 1 heterocycles. The van der Waals surface area contributed by atoms with Gasteiger partial charge in [-0.15, -0.1) is 0 Å². The van der Waals surface area contributed by atoms with E-state index < -0.39 is 0 Å². The number of guanidine groups is 1. The molecule has 1 aliphatic heterocycles. The van der Waals surface area contributed by atoms with Crippen LogP contribution >= 0.6 is 0 Å². The van der Waals surface area contributed by atoms with Crippen LogP contribution in [-0.2, 0) is 16.1 Å². The lowest BCUT2D eigenvalue weighted by Crippen LogP contribution is -2.38. The molecule has 0 unspecified atom stereocenters. The van der Waals surface area contributed by atoms with E-state index in [9.17, 15) is 4.79 Å². The number of hydrogen-bond donors (Lipinski definition) is 1.